The Morgan fingerprint density at radius 1 is 1.05 bits per heavy atom. The Morgan fingerprint density at radius 3 is 2.35 bits per heavy atom. The lowest BCUT2D eigenvalue weighted by atomic mass is 9.99. The van der Waals surface area contributed by atoms with Crippen molar-refractivity contribution in [1.82, 2.24) is 0 Å². The normalized spacial score (nSPS) is 11.2. The quantitative estimate of drug-likeness (QED) is 0.703. The van der Waals surface area contributed by atoms with Gasteiger partial charge in [-0.15, -0.1) is 6.42 Å². The van der Waals surface area contributed by atoms with Crippen LogP contribution in [0.25, 0.3) is 0 Å². The van der Waals surface area contributed by atoms with Crippen LogP contribution >= 0.6 is 0 Å². The van der Waals surface area contributed by atoms with Crippen LogP contribution in [0.4, 0.5) is 13.2 Å². The summed E-state index contributed by atoms with van der Waals surface area (Å²) < 4.78 is 38.1. The van der Waals surface area contributed by atoms with E-state index in [4.69, 9.17) is 6.42 Å². The lowest BCUT2D eigenvalue weighted by molar-refractivity contribution is -0.138. The van der Waals surface area contributed by atoms with Crippen molar-refractivity contribution >= 4 is 0 Å². The highest BCUT2D eigenvalue weighted by Gasteiger charge is 2.31. The first-order chi connectivity index (χ1) is 9.40. The Labute approximate surface area is 116 Å². The van der Waals surface area contributed by atoms with Crippen LogP contribution in [-0.2, 0) is 12.6 Å². The fraction of sp³-hybridized carbons (Fsp3) is 0.176. The van der Waals surface area contributed by atoms with Gasteiger partial charge in [0.15, 0.2) is 0 Å². The summed E-state index contributed by atoms with van der Waals surface area (Å²) in [6.07, 6.45) is 1.59. The van der Waals surface area contributed by atoms with E-state index >= 15 is 0 Å². The van der Waals surface area contributed by atoms with Crippen LogP contribution in [0.5, 0.6) is 0 Å². The summed E-state index contributed by atoms with van der Waals surface area (Å²) in [5.41, 5.74) is 2.25. The molecular formula is C17H13F3. The van der Waals surface area contributed by atoms with E-state index in [-0.39, 0.29) is 5.56 Å². The molecule has 0 fully saturated rings. The third-order valence-electron chi connectivity index (χ3n) is 3.10. The van der Waals surface area contributed by atoms with Gasteiger partial charge in [0.05, 0.1) is 5.56 Å². The molecule has 0 heterocycles. The first-order valence-corrected chi connectivity index (χ1v) is 6.12. The maximum atomic E-state index is 12.7. The van der Waals surface area contributed by atoms with E-state index in [9.17, 15) is 13.2 Å². The molecule has 0 unspecified atom stereocenters. The zero-order chi connectivity index (χ0) is 14.8. The highest BCUT2D eigenvalue weighted by Crippen LogP contribution is 2.32. The highest BCUT2D eigenvalue weighted by atomic mass is 19.4. The Balaban J connectivity index is 2.27. The summed E-state index contributed by atoms with van der Waals surface area (Å²) in [5.74, 6) is 2.54. The van der Waals surface area contributed by atoms with Crippen molar-refractivity contribution in [2.75, 3.05) is 0 Å². The number of rotatable bonds is 2. The first-order valence-electron chi connectivity index (χ1n) is 6.12. The Bertz CT molecular complexity index is 661. The van der Waals surface area contributed by atoms with Crippen molar-refractivity contribution in [1.29, 1.82) is 0 Å². The summed E-state index contributed by atoms with van der Waals surface area (Å²) in [7, 11) is 0. The van der Waals surface area contributed by atoms with Crippen LogP contribution in [0.15, 0.2) is 42.5 Å². The summed E-state index contributed by atoms with van der Waals surface area (Å²) in [5, 5.41) is 0. The topological polar surface area (TPSA) is 0 Å². The molecule has 0 N–H and O–H groups in total. The average Bonchev–Trinajstić information content (AvgIpc) is 2.37. The van der Waals surface area contributed by atoms with Crippen LogP contribution in [0.3, 0.4) is 0 Å². The minimum atomic E-state index is -4.30. The molecule has 2 aromatic rings. The summed E-state index contributed by atoms with van der Waals surface area (Å²) in [6, 6.07) is 11.7. The maximum Gasteiger partial charge on any atom is 0.416 e. The van der Waals surface area contributed by atoms with Gasteiger partial charge in [-0.05, 0) is 48.2 Å². The third-order valence-corrected chi connectivity index (χ3v) is 3.10. The molecule has 0 spiro atoms. The van der Waals surface area contributed by atoms with Gasteiger partial charge in [0, 0.05) is 5.56 Å². The molecule has 0 amide bonds. The van der Waals surface area contributed by atoms with Crippen LogP contribution in [0, 0.1) is 19.3 Å². The molecule has 0 aliphatic carbocycles. The van der Waals surface area contributed by atoms with Gasteiger partial charge in [-0.1, -0.05) is 30.2 Å². The second-order valence-electron chi connectivity index (χ2n) is 4.67. The van der Waals surface area contributed by atoms with E-state index in [1.807, 2.05) is 24.3 Å². The molecule has 20 heavy (non-hydrogen) atoms. The Hall–Kier alpha value is -2.21. The number of aryl methyl sites for hydroxylation is 1. The third kappa shape index (κ3) is 3.21. The number of hydrogen-bond donors (Lipinski definition) is 0. The van der Waals surface area contributed by atoms with Crippen molar-refractivity contribution in [2.24, 2.45) is 0 Å². The highest BCUT2D eigenvalue weighted by molar-refractivity contribution is 5.39. The van der Waals surface area contributed by atoms with Gasteiger partial charge in [0.1, 0.15) is 0 Å². The van der Waals surface area contributed by atoms with Gasteiger partial charge in [-0.3, -0.25) is 0 Å². The largest absolute Gasteiger partial charge is 0.416 e. The lowest BCUT2D eigenvalue weighted by Crippen LogP contribution is -2.07. The van der Waals surface area contributed by atoms with Crippen molar-refractivity contribution < 1.29 is 13.2 Å². The van der Waals surface area contributed by atoms with E-state index in [0.717, 1.165) is 22.8 Å². The molecule has 2 aromatic carbocycles. The van der Waals surface area contributed by atoms with Crippen LogP contribution < -0.4 is 0 Å². The fourth-order valence-corrected chi connectivity index (χ4v) is 2.16. The van der Waals surface area contributed by atoms with Gasteiger partial charge in [0.25, 0.3) is 0 Å². The number of hydrogen-bond acceptors (Lipinski definition) is 0. The molecule has 102 valence electrons. The number of benzene rings is 2. The SMILES string of the molecule is C#Cc1cccc(Cc2ccc(C(F)(F)F)c(C)c2)c1. The second kappa shape index (κ2) is 5.42. The average molecular weight is 274 g/mol. The van der Waals surface area contributed by atoms with Crippen molar-refractivity contribution in [3.63, 3.8) is 0 Å². The molecule has 3 heteroatoms. The van der Waals surface area contributed by atoms with E-state index in [1.165, 1.54) is 13.0 Å². The van der Waals surface area contributed by atoms with E-state index < -0.39 is 11.7 Å². The number of halogens is 3. The van der Waals surface area contributed by atoms with Crippen LogP contribution in [0.2, 0.25) is 0 Å². The molecule has 0 bridgehead atoms. The van der Waals surface area contributed by atoms with E-state index in [0.29, 0.717) is 6.42 Å². The van der Waals surface area contributed by atoms with Crippen LogP contribution in [0.1, 0.15) is 27.8 Å². The van der Waals surface area contributed by atoms with Crippen LogP contribution in [-0.4, -0.2) is 0 Å². The fourth-order valence-electron chi connectivity index (χ4n) is 2.16. The van der Waals surface area contributed by atoms with Crippen molar-refractivity contribution in [3.8, 4) is 12.3 Å². The molecule has 0 aromatic heterocycles. The predicted molar refractivity (Wildman–Crippen MR) is 73.4 cm³/mol. The summed E-state index contributed by atoms with van der Waals surface area (Å²) in [6.45, 7) is 1.48. The molecule has 0 atom stereocenters. The molecule has 0 aliphatic rings. The lowest BCUT2D eigenvalue weighted by Gasteiger charge is -2.11. The number of alkyl halides is 3. The summed E-state index contributed by atoms with van der Waals surface area (Å²) in [4.78, 5) is 0. The molecule has 0 radical (unpaired) electrons. The van der Waals surface area contributed by atoms with Crippen molar-refractivity contribution in [2.45, 2.75) is 19.5 Å². The molecule has 0 saturated carbocycles. The minimum absolute atomic E-state index is 0.239. The molecule has 2 rings (SSSR count). The monoisotopic (exact) mass is 274 g/mol. The molecule has 0 aliphatic heterocycles. The maximum absolute atomic E-state index is 12.7. The van der Waals surface area contributed by atoms with E-state index in [1.54, 1.807) is 6.07 Å². The van der Waals surface area contributed by atoms with Gasteiger partial charge < -0.3 is 0 Å². The van der Waals surface area contributed by atoms with Gasteiger partial charge in [-0.25, -0.2) is 0 Å². The first kappa shape index (κ1) is 14.2. The van der Waals surface area contributed by atoms with Gasteiger partial charge >= 0.3 is 6.18 Å². The Kier molecular flexibility index (Phi) is 3.85. The molecule has 0 saturated heterocycles. The number of terminal acetylenes is 1. The smallest absolute Gasteiger partial charge is 0.166 e. The zero-order valence-corrected chi connectivity index (χ0v) is 11.0. The zero-order valence-electron chi connectivity index (χ0n) is 11.0. The van der Waals surface area contributed by atoms with Gasteiger partial charge in [0.2, 0.25) is 0 Å². The summed E-state index contributed by atoms with van der Waals surface area (Å²) >= 11 is 0. The molecule has 0 nitrogen and oxygen atoms in total. The van der Waals surface area contributed by atoms with Crippen molar-refractivity contribution in [3.05, 3.63) is 70.3 Å². The standard InChI is InChI=1S/C17H13F3/c1-3-13-5-4-6-14(10-13)11-15-7-8-16(12(2)9-15)17(18,19)20/h1,4-10H,11H2,2H3. The van der Waals surface area contributed by atoms with E-state index in [2.05, 4.69) is 5.92 Å². The molecular weight excluding hydrogens is 261 g/mol. The second-order valence-corrected chi connectivity index (χ2v) is 4.67. The predicted octanol–water partition coefficient (Wildman–Crippen LogP) is 4.59. The minimum Gasteiger partial charge on any atom is -0.166 e. The Morgan fingerprint density at radius 2 is 1.75 bits per heavy atom. The van der Waals surface area contributed by atoms with Gasteiger partial charge in [-0.2, -0.15) is 13.2 Å².